The van der Waals surface area contributed by atoms with E-state index in [1.54, 1.807) is 0 Å². The molecule has 1 aromatic carbocycles. The molecule has 0 fully saturated rings. The lowest BCUT2D eigenvalue weighted by molar-refractivity contribution is 0.291. The normalized spacial score (nSPS) is 10.4. The highest BCUT2D eigenvalue weighted by Crippen LogP contribution is 2.20. The van der Waals surface area contributed by atoms with Gasteiger partial charge in [-0.1, -0.05) is 26.0 Å². The smallest absolute Gasteiger partial charge is 0.142 e. The van der Waals surface area contributed by atoms with Crippen molar-refractivity contribution in [3.05, 3.63) is 24.3 Å². The number of rotatable bonds is 4. The quantitative estimate of drug-likeness (QED) is 0.721. The summed E-state index contributed by atoms with van der Waals surface area (Å²) in [6, 6.07) is 7.59. The van der Waals surface area contributed by atoms with Crippen LogP contribution in [0.1, 0.15) is 20.3 Å². The van der Waals surface area contributed by atoms with Crippen molar-refractivity contribution in [2.75, 3.05) is 12.3 Å². The summed E-state index contributed by atoms with van der Waals surface area (Å²) in [4.78, 5) is 0. The maximum absolute atomic E-state index is 5.71. The molecule has 2 N–H and O–H groups in total. The average molecular weight is 179 g/mol. The van der Waals surface area contributed by atoms with Gasteiger partial charge in [0.15, 0.2) is 0 Å². The molecule has 0 amide bonds. The summed E-state index contributed by atoms with van der Waals surface area (Å²) in [6.07, 6.45) is 1.06. The molecule has 0 saturated heterocycles. The molecule has 13 heavy (non-hydrogen) atoms. The van der Waals surface area contributed by atoms with Gasteiger partial charge in [-0.15, -0.1) is 0 Å². The molecule has 0 heterocycles. The van der Waals surface area contributed by atoms with Crippen molar-refractivity contribution in [1.82, 2.24) is 0 Å². The van der Waals surface area contributed by atoms with Crippen LogP contribution >= 0.6 is 0 Å². The van der Waals surface area contributed by atoms with Gasteiger partial charge in [0, 0.05) is 0 Å². The van der Waals surface area contributed by atoms with Crippen molar-refractivity contribution in [2.45, 2.75) is 20.3 Å². The summed E-state index contributed by atoms with van der Waals surface area (Å²) in [5.74, 6) is 1.47. The molecule has 0 aliphatic carbocycles. The zero-order chi connectivity index (χ0) is 9.68. The van der Waals surface area contributed by atoms with Gasteiger partial charge in [-0.05, 0) is 24.5 Å². The molecule has 0 aliphatic heterocycles. The number of nitrogen functional groups attached to an aromatic ring is 1. The maximum atomic E-state index is 5.71. The van der Waals surface area contributed by atoms with E-state index in [9.17, 15) is 0 Å². The Morgan fingerprint density at radius 2 is 2.00 bits per heavy atom. The summed E-state index contributed by atoms with van der Waals surface area (Å²) >= 11 is 0. The number of anilines is 1. The lowest BCUT2D eigenvalue weighted by atomic mass is 10.1. The van der Waals surface area contributed by atoms with Crippen LogP contribution in [0.3, 0.4) is 0 Å². The van der Waals surface area contributed by atoms with Crippen LogP contribution in [0, 0.1) is 5.92 Å². The van der Waals surface area contributed by atoms with Crippen LogP contribution in [-0.4, -0.2) is 6.61 Å². The molecule has 0 radical (unpaired) electrons. The van der Waals surface area contributed by atoms with Gasteiger partial charge in [-0.2, -0.15) is 0 Å². The van der Waals surface area contributed by atoms with Gasteiger partial charge in [-0.3, -0.25) is 0 Å². The lowest BCUT2D eigenvalue weighted by Crippen LogP contribution is -2.03. The fourth-order valence-corrected chi connectivity index (χ4v) is 1.02. The number of benzene rings is 1. The summed E-state index contributed by atoms with van der Waals surface area (Å²) in [7, 11) is 0. The SMILES string of the molecule is CC(C)CCOc1ccccc1N. The maximum Gasteiger partial charge on any atom is 0.142 e. The predicted octanol–water partition coefficient (Wildman–Crippen LogP) is 2.69. The largest absolute Gasteiger partial charge is 0.491 e. The van der Waals surface area contributed by atoms with Gasteiger partial charge in [-0.25, -0.2) is 0 Å². The van der Waals surface area contributed by atoms with Gasteiger partial charge < -0.3 is 10.5 Å². The van der Waals surface area contributed by atoms with E-state index in [4.69, 9.17) is 10.5 Å². The molecule has 0 saturated carbocycles. The monoisotopic (exact) mass is 179 g/mol. The fourth-order valence-electron chi connectivity index (χ4n) is 1.02. The van der Waals surface area contributed by atoms with E-state index in [-0.39, 0.29) is 0 Å². The Labute approximate surface area is 79.7 Å². The minimum Gasteiger partial charge on any atom is -0.491 e. The van der Waals surface area contributed by atoms with Crippen LogP contribution in [0.2, 0.25) is 0 Å². The molecule has 1 rings (SSSR count). The molecule has 0 aromatic heterocycles. The van der Waals surface area contributed by atoms with Crippen LogP contribution in [0.5, 0.6) is 5.75 Å². The summed E-state index contributed by atoms with van der Waals surface area (Å²) < 4.78 is 5.52. The molecule has 2 nitrogen and oxygen atoms in total. The Kier molecular flexibility index (Phi) is 3.62. The van der Waals surface area contributed by atoms with Crippen LogP contribution in [0.25, 0.3) is 0 Å². The van der Waals surface area contributed by atoms with E-state index in [1.807, 2.05) is 24.3 Å². The van der Waals surface area contributed by atoms with Crippen LogP contribution in [0.4, 0.5) is 5.69 Å². The van der Waals surface area contributed by atoms with Crippen LogP contribution < -0.4 is 10.5 Å². The van der Waals surface area contributed by atoms with E-state index < -0.39 is 0 Å². The minimum absolute atomic E-state index is 0.671. The third kappa shape index (κ3) is 3.36. The topological polar surface area (TPSA) is 35.2 Å². The van der Waals surface area contributed by atoms with Gasteiger partial charge in [0.1, 0.15) is 5.75 Å². The first-order valence-electron chi connectivity index (χ1n) is 4.67. The molecular formula is C11H17NO. The first kappa shape index (κ1) is 9.90. The molecule has 0 aliphatic rings. The van der Waals surface area contributed by atoms with Crippen molar-refractivity contribution < 1.29 is 4.74 Å². The van der Waals surface area contributed by atoms with E-state index in [0.717, 1.165) is 18.8 Å². The van der Waals surface area contributed by atoms with E-state index in [0.29, 0.717) is 11.6 Å². The standard InChI is InChI=1S/C11H17NO/c1-9(2)7-8-13-11-6-4-3-5-10(11)12/h3-6,9H,7-8,12H2,1-2H3. The fraction of sp³-hybridized carbons (Fsp3) is 0.455. The second kappa shape index (κ2) is 4.75. The van der Waals surface area contributed by atoms with Gasteiger partial charge in [0.2, 0.25) is 0 Å². The van der Waals surface area contributed by atoms with Crippen molar-refractivity contribution in [2.24, 2.45) is 5.92 Å². The van der Waals surface area contributed by atoms with Gasteiger partial charge in [0.05, 0.1) is 12.3 Å². The number of hydrogen-bond acceptors (Lipinski definition) is 2. The molecule has 2 heteroatoms. The summed E-state index contributed by atoms with van der Waals surface area (Å²) in [6.45, 7) is 5.10. The minimum atomic E-state index is 0.671. The highest BCUT2D eigenvalue weighted by atomic mass is 16.5. The second-order valence-corrected chi connectivity index (χ2v) is 3.57. The van der Waals surface area contributed by atoms with Gasteiger partial charge in [0.25, 0.3) is 0 Å². The molecule has 72 valence electrons. The van der Waals surface area contributed by atoms with Crippen LogP contribution in [0.15, 0.2) is 24.3 Å². The van der Waals surface area contributed by atoms with E-state index in [1.165, 1.54) is 0 Å². The molecule has 0 bridgehead atoms. The molecule has 0 spiro atoms. The van der Waals surface area contributed by atoms with Crippen molar-refractivity contribution in [3.63, 3.8) is 0 Å². The Bertz CT molecular complexity index is 258. The Morgan fingerprint density at radius 1 is 1.31 bits per heavy atom. The lowest BCUT2D eigenvalue weighted by Gasteiger charge is -2.09. The summed E-state index contributed by atoms with van der Waals surface area (Å²) in [5, 5.41) is 0. The van der Waals surface area contributed by atoms with E-state index >= 15 is 0 Å². The third-order valence-corrected chi connectivity index (χ3v) is 1.87. The highest BCUT2D eigenvalue weighted by molar-refractivity contribution is 5.51. The average Bonchev–Trinajstić information content (AvgIpc) is 2.08. The number of ether oxygens (including phenoxy) is 1. The van der Waals surface area contributed by atoms with Crippen molar-refractivity contribution in [3.8, 4) is 5.75 Å². The number of hydrogen-bond donors (Lipinski definition) is 1. The Morgan fingerprint density at radius 3 is 2.62 bits per heavy atom. The first-order chi connectivity index (χ1) is 6.20. The summed E-state index contributed by atoms with van der Waals surface area (Å²) in [5.41, 5.74) is 6.43. The Balaban J connectivity index is 2.41. The molecule has 0 unspecified atom stereocenters. The Hall–Kier alpha value is -1.18. The number of nitrogens with two attached hydrogens (primary N) is 1. The predicted molar refractivity (Wildman–Crippen MR) is 55.8 cm³/mol. The third-order valence-electron chi connectivity index (χ3n) is 1.87. The first-order valence-corrected chi connectivity index (χ1v) is 4.67. The highest BCUT2D eigenvalue weighted by Gasteiger charge is 1.98. The molecule has 1 aromatic rings. The second-order valence-electron chi connectivity index (χ2n) is 3.57. The van der Waals surface area contributed by atoms with Crippen molar-refractivity contribution in [1.29, 1.82) is 0 Å². The molecule has 0 atom stereocenters. The van der Waals surface area contributed by atoms with Crippen molar-refractivity contribution >= 4 is 5.69 Å². The number of para-hydroxylation sites is 2. The van der Waals surface area contributed by atoms with E-state index in [2.05, 4.69) is 13.8 Å². The zero-order valence-corrected chi connectivity index (χ0v) is 8.29. The van der Waals surface area contributed by atoms with Gasteiger partial charge >= 0.3 is 0 Å². The molecular weight excluding hydrogens is 162 g/mol. The zero-order valence-electron chi connectivity index (χ0n) is 8.29. The van der Waals surface area contributed by atoms with Crippen LogP contribution in [-0.2, 0) is 0 Å².